The summed E-state index contributed by atoms with van der Waals surface area (Å²) in [4.78, 5) is 37.9. The summed E-state index contributed by atoms with van der Waals surface area (Å²) in [5.74, 6) is -0.285. The molecule has 1 atom stereocenters. The van der Waals surface area contributed by atoms with Crippen molar-refractivity contribution in [3.05, 3.63) is 0 Å². The summed E-state index contributed by atoms with van der Waals surface area (Å²) >= 11 is 0. The van der Waals surface area contributed by atoms with Gasteiger partial charge in [0.2, 0.25) is 11.8 Å². The molecule has 2 rings (SSSR count). The van der Waals surface area contributed by atoms with Crippen LogP contribution in [0.25, 0.3) is 0 Å². The second kappa shape index (κ2) is 4.94. The Labute approximate surface area is 113 Å². The van der Waals surface area contributed by atoms with E-state index < -0.39 is 17.4 Å². The van der Waals surface area contributed by atoms with Gasteiger partial charge in [-0.15, -0.1) is 0 Å². The molecule has 1 saturated carbocycles. The van der Waals surface area contributed by atoms with E-state index in [-0.39, 0.29) is 11.9 Å². The van der Waals surface area contributed by atoms with E-state index in [1.54, 1.807) is 0 Å². The molecule has 2 fully saturated rings. The molecule has 1 unspecified atom stereocenters. The van der Waals surface area contributed by atoms with Gasteiger partial charge in [-0.25, -0.2) is 4.79 Å². The van der Waals surface area contributed by atoms with Crippen LogP contribution in [-0.2, 0) is 9.59 Å². The van der Waals surface area contributed by atoms with Gasteiger partial charge in [0.25, 0.3) is 0 Å². The molecule has 4 amide bonds. The molecular formula is C14H22N2O3. The molecule has 1 aliphatic heterocycles. The summed E-state index contributed by atoms with van der Waals surface area (Å²) < 4.78 is 0. The summed E-state index contributed by atoms with van der Waals surface area (Å²) in [6, 6.07) is -0.723. The van der Waals surface area contributed by atoms with E-state index in [0.717, 1.165) is 19.3 Å². The van der Waals surface area contributed by atoms with Crippen LogP contribution < -0.4 is 5.32 Å². The first-order valence-electron chi connectivity index (χ1n) is 7.07. The van der Waals surface area contributed by atoms with Crippen molar-refractivity contribution < 1.29 is 14.4 Å². The number of hydrogen-bond donors (Lipinski definition) is 1. The van der Waals surface area contributed by atoms with Crippen molar-refractivity contribution in [3.8, 4) is 0 Å². The summed E-state index contributed by atoms with van der Waals surface area (Å²) in [5, 5.41) is 2.37. The molecule has 1 saturated heterocycles. The van der Waals surface area contributed by atoms with Crippen LogP contribution in [0.5, 0.6) is 0 Å². The Bertz CT molecular complexity index is 411. The van der Waals surface area contributed by atoms with Crippen LogP contribution in [0, 0.1) is 11.3 Å². The number of imide groups is 2. The second-order valence-electron chi connectivity index (χ2n) is 6.20. The van der Waals surface area contributed by atoms with Crippen molar-refractivity contribution in [1.29, 1.82) is 0 Å². The molecule has 1 N–H and O–H groups in total. The first-order valence-corrected chi connectivity index (χ1v) is 7.07. The molecular weight excluding hydrogens is 244 g/mol. The van der Waals surface area contributed by atoms with Gasteiger partial charge >= 0.3 is 6.03 Å². The van der Waals surface area contributed by atoms with Crippen LogP contribution >= 0.6 is 0 Å². The minimum absolute atomic E-state index is 0.168. The highest BCUT2D eigenvalue weighted by molar-refractivity contribution is 6.19. The van der Waals surface area contributed by atoms with Crippen molar-refractivity contribution in [3.63, 3.8) is 0 Å². The average molecular weight is 266 g/mol. The van der Waals surface area contributed by atoms with Crippen LogP contribution in [-0.4, -0.2) is 28.8 Å². The number of rotatable bonds is 3. The topological polar surface area (TPSA) is 66.5 Å². The molecule has 5 heteroatoms. The van der Waals surface area contributed by atoms with Gasteiger partial charge in [0, 0.05) is 6.04 Å². The predicted octanol–water partition coefficient (Wildman–Crippen LogP) is 2.06. The fourth-order valence-corrected chi connectivity index (χ4v) is 3.30. The van der Waals surface area contributed by atoms with Crippen LogP contribution in [0.4, 0.5) is 4.79 Å². The van der Waals surface area contributed by atoms with Crippen molar-refractivity contribution >= 4 is 17.8 Å². The third-order valence-electron chi connectivity index (χ3n) is 4.21. The molecule has 0 radical (unpaired) electrons. The van der Waals surface area contributed by atoms with Gasteiger partial charge in [-0.3, -0.25) is 19.8 Å². The molecule has 1 heterocycles. The molecule has 0 aromatic rings. The standard InChI is InChI=1S/C14H22N2O3/c1-9(2)8-10(3)16-12(18)14(6-4-5-7-14)11(17)15-13(16)19/h9-10H,4-8H2,1-3H3,(H,15,17,19). The predicted molar refractivity (Wildman–Crippen MR) is 70.2 cm³/mol. The normalized spacial score (nSPS) is 24.2. The molecule has 19 heavy (non-hydrogen) atoms. The molecule has 1 spiro atoms. The highest BCUT2D eigenvalue weighted by Crippen LogP contribution is 2.42. The maximum atomic E-state index is 12.6. The number of urea groups is 1. The molecule has 2 aliphatic rings. The van der Waals surface area contributed by atoms with Crippen LogP contribution in [0.1, 0.15) is 52.9 Å². The van der Waals surface area contributed by atoms with E-state index in [9.17, 15) is 14.4 Å². The molecule has 106 valence electrons. The zero-order valence-electron chi connectivity index (χ0n) is 11.9. The Kier molecular flexibility index (Phi) is 3.65. The SMILES string of the molecule is CC(C)CC(C)N1C(=O)NC(=O)C2(CCCC2)C1=O. The van der Waals surface area contributed by atoms with Gasteiger partial charge in [-0.2, -0.15) is 0 Å². The lowest BCUT2D eigenvalue weighted by atomic mass is 9.81. The maximum Gasteiger partial charge on any atom is 0.331 e. The molecule has 0 aromatic carbocycles. The third kappa shape index (κ3) is 2.26. The van der Waals surface area contributed by atoms with E-state index in [1.807, 2.05) is 6.92 Å². The van der Waals surface area contributed by atoms with Crippen LogP contribution in [0.3, 0.4) is 0 Å². The van der Waals surface area contributed by atoms with Gasteiger partial charge in [-0.05, 0) is 32.1 Å². The largest absolute Gasteiger partial charge is 0.331 e. The highest BCUT2D eigenvalue weighted by atomic mass is 16.2. The van der Waals surface area contributed by atoms with Gasteiger partial charge in [0.05, 0.1) is 0 Å². The Morgan fingerprint density at radius 1 is 1.16 bits per heavy atom. The van der Waals surface area contributed by atoms with E-state index >= 15 is 0 Å². The molecule has 0 bridgehead atoms. The molecule has 1 aliphatic carbocycles. The summed E-state index contributed by atoms with van der Waals surface area (Å²) in [6.45, 7) is 5.98. The lowest BCUT2D eigenvalue weighted by Crippen LogP contribution is -2.65. The number of barbiturate groups is 1. The number of amides is 4. The number of carbonyl (C=O) groups is 3. The van der Waals surface area contributed by atoms with Crippen molar-refractivity contribution in [1.82, 2.24) is 10.2 Å². The van der Waals surface area contributed by atoms with E-state index in [4.69, 9.17) is 0 Å². The van der Waals surface area contributed by atoms with E-state index in [2.05, 4.69) is 19.2 Å². The van der Waals surface area contributed by atoms with Crippen LogP contribution in [0.2, 0.25) is 0 Å². The first-order chi connectivity index (χ1) is 8.88. The third-order valence-corrected chi connectivity index (χ3v) is 4.21. The van der Waals surface area contributed by atoms with E-state index in [0.29, 0.717) is 18.8 Å². The Balaban J connectivity index is 2.26. The number of hydrogen-bond acceptors (Lipinski definition) is 3. The first kappa shape index (κ1) is 14.0. The zero-order chi connectivity index (χ0) is 14.2. The second-order valence-corrected chi connectivity index (χ2v) is 6.20. The average Bonchev–Trinajstić information content (AvgIpc) is 2.76. The van der Waals surface area contributed by atoms with Gasteiger partial charge in [0.1, 0.15) is 5.41 Å². The lowest BCUT2D eigenvalue weighted by molar-refractivity contribution is -0.152. The Morgan fingerprint density at radius 3 is 2.26 bits per heavy atom. The molecule has 0 aromatic heterocycles. The number of nitrogens with zero attached hydrogens (tertiary/aromatic N) is 1. The van der Waals surface area contributed by atoms with Crippen molar-refractivity contribution in [2.24, 2.45) is 11.3 Å². The van der Waals surface area contributed by atoms with Crippen LogP contribution in [0.15, 0.2) is 0 Å². The van der Waals surface area contributed by atoms with Crippen molar-refractivity contribution in [2.75, 3.05) is 0 Å². The van der Waals surface area contributed by atoms with Crippen molar-refractivity contribution in [2.45, 2.75) is 58.9 Å². The smallest absolute Gasteiger partial charge is 0.277 e. The number of carbonyl (C=O) groups excluding carboxylic acids is 3. The quantitative estimate of drug-likeness (QED) is 0.795. The molecule has 5 nitrogen and oxygen atoms in total. The fraction of sp³-hybridized carbons (Fsp3) is 0.786. The summed E-state index contributed by atoms with van der Waals surface area (Å²) in [5.41, 5.74) is -0.973. The minimum atomic E-state index is -0.973. The van der Waals surface area contributed by atoms with Gasteiger partial charge in [0.15, 0.2) is 0 Å². The maximum absolute atomic E-state index is 12.6. The van der Waals surface area contributed by atoms with Gasteiger partial charge < -0.3 is 0 Å². The van der Waals surface area contributed by atoms with E-state index in [1.165, 1.54) is 4.90 Å². The number of nitrogens with one attached hydrogen (secondary N) is 1. The minimum Gasteiger partial charge on any atom is -0.277 e. The summed E-state index contributed by atoms with van der Waals surface area (Å²) in [6.07, 6.45) is 3.63. The lowest BCUT2D eigenvalue weighted by Gasteiger charge is -2.40. The monoisotopic (exact) mass is 266 g/mol. The summed E-state index contributed by atoms with van der Waals surface area (Å²) in [7, 11) is 0. The fourth-order valence-electron chi connectivity index (χ4n) is 3.30. The van der Waals surface area contributed by atoms with Gasteiger partial charge in [-0.1, -0.05) is 26.7 Å². The Hall–Kier alpha value is -1.39. The Morgan fingerprint density at radius 2 is 1.74 bits per heavy atom. The highest BCUT2D eigenvalue weighted by Gasteiger charge is 2.55. The zero-order valence-corrected chi connectivity index (χ0v) is 11.9.